The predicted molar refractivity (Wildman–Crippen MR) is 92.8 cm³/mol. The maximum Gasteiger partial charge on any atom is 0.139 e. The van der Waals surface area contributed by atoms with E-state index in [1.807, 2.05) is 18.2 Å². The van der Waals surface area contributed by atoms with E-state index < -0.39 is 0 Å². The van der Waals surface area contributed by atoms with Gasteiger partial charge < -0.3 is 10.6 Å². The standard InChI is InChI=1S/C17H21N3S/c1-11-7-12(2)10-20(9-11)17-14(16(18)21)8-13-5-3-4-6-15(13)19-17/h3-6,8,11-12H,7,9-10H2,1-2H3,(H2,18,21). The number of nitrogens with two attached hydrogens (primary N) is 1. The third kappa shape index (κ3) is 2.86. The van der Waals surface area contributed by atoms with Crippen LogP contribution in [0.1, 0.15) is 25.8 Å². The number of rotatable bonds is 2. The molecule has 0 saturated carbocycles. The Hall–Kier alpha value is -1.68. The summed E-state index contributed by atoms with van der Waals surface area (Å²) in [5, 5.41) is 1.09. The summed E-state index contributed by atoms with van der Waals surface area (Å²) in [5.74, 6) is 2.28. The van der Waals surface area contributed by atoms with Crippen LogP contribution in [-0.4, -0.2) is 23.1 Å². The highest BCUT2D eigenvalue weighted by Crippen LogP contribution is 2.29. The number of fused-ring (bicyclic) bond motifs is 1. The lowest BCUT2D eigenvalue weighted by molar-refractivity contribution is 0.355. The molecule has 1 aromatic heterocycles. The fourth-order valence-corrected chi connectivity index (χ4v) is 3.51. The largest absolute Gasteiger partial charge is 0.389 e. The first-order valence-corrected chi connectivity index (χ1v) is 7.90. The summed E-state index contributed by atoms with van der Waals surface area (Å²) in [6.45, 7) is 6.63. The normalized spacial score (nSPS) is 22.5. The van der Waals surface area contributed by atoms with E-state index in [-0.39, 0.29) is 0 Å². The number of aromatic nitrogens is 1. The number of nitrogens with zero attached hydrogens (tertiary/aromatic N) is 2. The zero-order valence-corrected chi connectivity index (χ0v) is 13.4. The van der Waals surface area contributed by atoms with Crippen molar-refractivity contribution in [1.29, 1.82) is 0 Å². The molecule has 21 heavy (non-hydrogen) atoms. The zero-order valence-electron chi connectivity index (χ0n) is 12.5. The van der Waals surface area contributed by atoms with Crippen molar-refractivity contribution in [3.8, 4) is 0 Å². The first-order valence-electron chi connectivity index (χ1n) is 7.49. The SMILES string of the molecule is CC1CC(C)CN(c2nc3ccccc3cc2C(N)=S)C1. The summed E-state index contributed by atoms with van der Waals surface area (Å²) in [7, 11) is 0. The monoisotopic (exact) mass is 299 g/mol. The highest BCUT2D eigenvalue weighted by molar-refractivity contribution is 7.80. The number of anilines is 1. The van der Waals surface area contributed by atoms with E-state index in [0.29, 0.717) is 16.8 Å². The van der Waals surface area contributed by atoms with Crippen LogP contribution >= 0.6 is 12.2 Å². The molecule has 1 aliphatic rings. The van der Waals surface area contributed by atoms with Crippen LogP contribution in [0.5, 0.6) is 0 Å². The van der Waals surface area contributed by atoms with Gasteiger partial charge in [-0.05, 0) is 30.4 Å². The minimum absolute atomic E-state index is 0.425. The molecule has 4 heteroatoms. The van der Waals surface area contributed by atoms with Gasteiger partial charge in [-0.15, -0.1) is 0 Å². The molecular weight excluding hydrogens is 278 g/mol. The number of piperidine rings is 1. The van der Waals surface area contributed by atoms with Gasteiger partial charge in [0, 0.05) is 18.5 Å². The van der Waals surface area contributed by atoms with Gasteiger partial charge in [0.25, 0.3) is 0 Å². The molecule has 1 fully saturated rings. The molecule has 0 radical (unpaired) electrons. The Balaban J connectivity index is 2.11. The molecule has 2 unspecified atom stereocenters. The molecule has 110 valence electrons. The van der Waals surface area contributed by atoms with Gasteiger partial charge in [0.1, 0.15) is 10.8 Å². The van der Waals surface area contributed by atoms with Crippen molar-refractivity contribution >= 4 is 33.9 Å². The topological polar surface area (TPSA) is 42.2 Å². The number of hydrogen-bond donors (Lipinski definition) is 1. The summed E-state index contributed by atoms with van der Waals surface area (Å²) in [6, 6.07) is 10.2. The van der Waals surface area contributed by atoms with Crippen LogP contribution in [0.25, 0.3) is 10.9 Å². The lowest BCUT2D eigenvalue weighted by atomic mass is 9.91. The van der Waals surface area contributed by atoms with E-state index in [4.69, 9.17) is 22.9 Å². The molecule has 2 aromatic rings. The minimum atomic E-state index is 0.425. The highest BCUT2D eigenvalue weighted by atomic mass is 32.1. The van der Waals surface area contributed by atoms with Crippen molar-refractivity contribution in [2.24, 2.45) is 17.6 Å². The molecule has 0 bridgehead atoms. The second-order valence-corrected chi connectivity index (χ2v) is 6.71. The Bertz CT molecular complexity index is 673. The third-order valence-corrected chi connectivity index (χ3v) is 4.36. The lowest BCUT2D eigenvalue weighted by Crippen LogP contribution is -2.40. The van der Waals surface area contributed by atoms with Crippen molar-refractivity contribution in [1.82, 2.24) is 4.98 Å². The van der Waals surface area contributed by atoms with Gasteiger partial charge in [-0.25, -0.2) is 4.98 Å². The van der Waals surface area contributed by atoms with Gasteiger partial charge >= 0.3 is 0 Å². The average Bonchev–Trinajstić information content (AvgIpc) is 2.44. The average molecular weight is 299 g/mol. The van der Waals surface area contributed by atoms with Crippen molar-refractivity contribution in [3.63, 3.8) is 0 Å². The maximum atomic E-state index is 5.95. The predicted octanol–water partition coefficient (Wildman–Crippen LogP) is 3.35. The highest BCUT2D eigenvalue weighted by Gasteiger charge is 2.25. The molecule has 2 atom stereocenters. The molecular formula is C17H21N3S. The minimum Gasteiger partial charge on any atom is -0.389 e. The molecule has 0 aliphatic carbocycles. The molecule has 0 spiro atoms. The second-order valence-electron chi connectivity index (χ2n) is 6.27. The molecule has 2 heterocycles. The van der Waals surface area contributed by atoms with Crippen LogP contribution in [-0.2, 0) is 0 Å². The summed E-state index contributed by atoms with van der Waals surface area (Å²) in [4.78, 5) is 7.62. The molecule has 1 saturated heterocycles. The van der Waals surface area contributed by atoms with Gasteiger partial charge in [-0.2, -0.15) is 0 Å². The summed E-state index contributed by atoms with van der Waals surface area (Å²) < 4.78 is 0. The zero-order chi connectivity index (χ0) is 15.0. The lowest BCUT2D eigenvalue weighted by Gasteiger charge is -2.36. The Morgan fingerprint density at radius 3 is 2.57 bits per heavy atom. The van der Waals surface area contributed by atoms with Gasteiger partial charge in [0.2, 0.25) is 0 Å². The first kappa shape index (κ1) is 14.3. The molecule has 1 aliphatic heterocycles. The van der Waals surface area contributed by atoms with Gasteiger partial charge in [0.15, 0.2) is 0 Å². The van der Waals surface area contributed by atoms with Gasteiger partial charge in [-0.3, -0.25) is 0 Å². The van der Waals surface area contributed by atoms with E-state index in [2.05, 4.69) is 30.9 Å². The maximum absolute atomic E-state index is 5.95. The Labute approximate surface area is 131 Å². The van der Waals surface area contributed by atoms with Crippen LogP contribution in [0.2, 0.25) is 0 Å². The Kier molecular flexibility index (Phi) is 3.81. The molecule has 0 amide bonds. The fraction of sp³-hybridized carbons (Fsp3) is 0.412. The molecule has 1 aromatic carbocycles. The smallest absolute Gasteiger partial charge is 0.139 e. The van der Waals surface area contributed by atoms with Crippen LogP contribution in [0, 0.1) is 11.8 Å². The van der Waals surface area contributed by atoms with Crippen LogP contribution in [0.3, 0.4) is 0 Å². The Morgan fingerprint density at radius 1 is 1.24 bits per heavy atom. The first-order chi connectivity index (χ1) is 10.0. The fourth-order valence-electron chi connectivity index (χ4n) is 3.36. The van der Waals surface area contributed by atoms with E-state index in [0.717, 1.165) is 35.4 Å². The third-order valence-electron chi connectivity index (χ3n) is 4.14. The van der Waals surface area contributed by atoms with Gasteiger partial charge in [-0.1, -0.05) is 44.3 Å². The summed E-state index contributed by atoms with van der Waals surface area (Å²) in [5.41, 5.74) is 7.84. The number of thiocarbonyl (C=S) groups is 1. The van der Waals surface area contributed by atoms with E-state index in [9.17, 15) is 0 Å². The van der Waals surface area contributed by atoms with E-state index in [1.165, 1.54) is 6.42 Å². The quantitative estimate of drug-likeness (QED) is 0.864. The van der Waals surface area contributed by atoms with E-state index in [1.54, 1.807) is 0 Å². The van der Waals surface area contributed by atoms with Crippen LogP contribution < -0.4 is 10.6 Å². The van der Waals surface area contributed by atoms with E-state index >= 15 is 0 Å². The number of hydrogen-bond acceptors (Lipinski definition) is 3. The molecule has 3 nitrogen and oxygen atoms in total. The number of para-hydroxylation sites is 1. The van der Waals surface area contributed by atoms with Crippen molar-refractivity contribution in [2.45, 2.75) is 20.3 Å². The summed E-state index contributed by atoms with van der Waals surface area (Å²) >= 11 is 5.25. The van der Waals surface area contributed by atoms with Crippen molar-refractivity contribution in [3.05, 3.63) is 35.9 Å². The second kappa shape index (κ2) is 5.60. The molecule has 3 rings (SSSR count). The number of pyridine rings is 1. The van der Waals surface area contributed by atoms with Crippen LogP contribution in [0.15, 0.2) is 30.3 Å². The summed E-state index contributed by atoms with van der Waals surface area (Å²) in [6.07, 6.45) is 1.27. The van der Waals surface area contributed by atoms with Crippen molar-refractivity contribution in [2.75, 3.05) is 18.0 Å². The van der Waals surface area contributed by atoms with Crippen LogP contribution in [0.4, 0.5) is 5.82 Å². The Morgan fingerprint density at radius 2 is 1.90 bits per heavy atom. The molecule has 2 N–H and O–H groups in total. The number of benzene rings is 1. The van der Waals surface area contributed by atoms with Gasteiger partial charge in [0.05, 0.1) is 11.1 Å². The van der Waals surface area contributed by atoms with Crippen molar-refractivity contribution < 1.29 is 0 Å².